The molecular weight excluding hydrogens is 230 g/mol. The van der Waals surface area contributed by atoms with Crippen molar-refractivity contribution >= 4 is 23.4 Å². The van der Waals surface area contributed by atoms with Crippen molar-refractivity contribution in [1.82, 2.24) is 0 Å². The van der Waals surface area contributed by atoms with Gasteiger partial charge in [0.2, 0.25) is 0 Å². The number of halogens is 3. The largest absolute Gasteiger partial charge is 0.338 e. The quantitative estimate of drug-likeness (QED) is 0.463. The van der Waals surface area contributed by atoms with E-state index in [0.717, 1.165) is 6.07 Å². The normalized spacial score (nSPS) is 14.3. The van der Waals surface area contributed by atoms with Crippen molar-refractivity contribution in [2.45, 2.75) is 0 Å². The molecule has 2 amide bonds. The molecule has 7 heteroatoms. The van der Waals surface area contributed by atoms with Crippen molar-refractivity contribution in [3.8, 4) is 0 Å². The molecule has 1 aliphatic heterocycles. The molecule has 1 aromatic rings. The lowest BCUT2D eigenvalue weighted by atomic mass is 10.3. The molecule has 0 saturated heterocycles. The first kappa shape index (κ1) is 9.85. The average Bonchev–Trinajstić information content (AvgIpc) is 2.19. The molecule has 0 fully saturated rings. The summed E-state index contributed by atoms with van der Waals surface area (Å²) in [5.41, 5.74) is 0. The Kier molecular flexibility index (Phi) is 2.08. The zero-order chi connectivity index (χ0) is 11.2. The van der Waals surface area contributed by atoms with Gasteiger partial charge in [0.25, 0.3) is 0 Å². The molecule has 4 nitrogen and oxygen atoms in total. The lowest BCUT2D eigenvalue weighted by molar-refractivity contribution is -0.135. The third-order valence-corrected chi connectivity index (χ3v) is 2.08. The molecule has 1 heterocycles. The lowest BCUT2D eigenvalue weighted by Gasteiger charge is -2.00. The van der Waals surface area contributed by atoms with Crippen molar-refractivity contribution in [1.29, 1.82) is 0 Å². The van der Waals surface area contributed by atoms with Crippen LogP contribution in [0.4, 0.5) is 8.78 Å². The lowest BCUT2D eigenvalue weighted by Crippen LogP contribution is -2.37. The molecule has 0 radical (unpaired) electrons. The summed E-state index contributed by atoms with van der Waals surface area (Å²) in [5.74, 6) is -4.63. The van der Waals surface area contributed by atoms with Crippen LogP contribution >= 0.6 is 11.6 Å². The summed E-state index contributed by atoms with van der Waals surface area (Å²) in [6.07, 6.45) is 0. The van der Waals surface area contributed by atoms with Crippen molar-refractivity contribution in [2.24, 2.45) is 9.98 Å². The summed E-state index contributed by atoms with van der Waals surface area (Å²) in [6.45, 7) is 0. The smallest absolute Gasteiger partial charge is 0.261 e. The SMILES string of the molecule is O=C1N=c2cc(F)c(Cl)c(F)c2=NC1=O. The van der Waals surface area contributed by atoms with E-state index in [0.29, 0.717) is 0 Å². The second-order valence-electron chi connectivity index (χ2n) is 2.69. The zero-order valence-corrected chi connectivity index (χ0v) is 7.68. The summed E-state index contributed by atoms with van der Waals surface area (Å²) in [6, 6.07) is 0.745. The predicted octanol–water partition coefficient (Wildman–Crippen LogP) is -0.0758. The number of nitrogens with zero attached hydrogens (tertiary/aromatic N) is 2. The number of amides is 2. The highest BCUT2D eigenvalue weighted by atomic mass is 35.5. The minimum atomic E-state index is -1.20. The third-order valence-electron chi connectivity index (χ3n) is 1.73. The minimum Gasteiger partial charge on any atom is -0.261 e. The highest BCUT2D eigenvalue weighted by Crippen LogP contribution is 2.13. The molecule has 0 atom stereocenters. The van der Waals surface area contributed by atoms with E-state index in [1.165, 1.54) is 0 Å². The Morgan fingerprint density at radius 3 is 2.40 bits per heavy atom. The Morgan fingerprint density at radius 1 is 1.13 bits per heavy atom. The molecule has 15 heavy (non-hydrogen) atoms. The van der Waals surface area contributed by atoms with Crippen molar-refractivity contribution in [3.05, 3.63) is 33.4 Å². The maximum absolute atomic E-state index is 13.3. The average molecular weight is 231 g/mol. The van der Waals surface area contributed by atoms with Gasteiger partial charge in [0, 0.05) is 6.07 Å². The molecule has 0 aliphatic carbocycles. The monoisotopic (exact) mass is 230 g/mol. The predicted molar refractivity (Wildman–Crippen MR) is 43.7 cm³/mol. The van der Waals surface area contributed by atoms with Crippen LogP contribution in [0.15, 0.2) is 16.1 Å². The van der Waals surface area contributed by atoms with E-state index in [4.69, 9.17) is 11.6 Å². The van der Waals surface area contributed by atoms with Crippen LogP contribution < -0.4 is 10.7 Å². The molecule has 0 saturated carbocycles. The molecule has 0 spiro atoms. The molecule has 0 aromatic heterocycles. The summed E-state index contributed by atoms with van der Waals surface area (Å²) in [4.78, 5) is 27.9. The van der Waals surface area contributed by atoms with Gasteiger partial charge in [-0.15, -0.1) is 0 Å². The van der Waals surface area contributed by atoms with Crippen LogP contribution in [-0.4, -0.2) is 11.8 Å². The van der Waals surface area contributed by atoms with Crippen LogP contribution in [-0.2, 0) is 9.59 Å². The number of fused-ring (bicyclic) bond motifs is 1. The molecule has 76 valence electrons. The van der Waals surface area contributed by atoms with Crippen LogP contribution in [0, 0.1) is 11.6 Å². The van der Waals surface area contributed by atoms with E-state index in [9.17, 15) is 18.4 Å². The van der Waals surface area contributed by atoms with E-state index in [1.807, 2.05) is 0 Å². The Bertz CT molecular complexity index is 612. The number of hydrogen-bond donors (Lipinski definition) is 0. The highest BCUT2D eigenvalue weighted by molar-refractivity contribution is 6.36. The second-order valence-corrected chi connectivity index (χ2v) is 3.07. The van der Waals surface area contributed by atoms with Gasteiger partial charge in [0.05, 0.1) is 5.36 Å². The van der Waals surface area contributed by atoms with E-state index in [-0.39, 0.29) is 5.36 Å². The molecule has 0 bridgehead atoms. The summed E-state index contributed by atoms with van der Waals surface area (Å²) in [7, 11) is 0. The van der Waals surface area contributed by atoms with Gasteiger partial charge in [-0.1, -0.05) is 11.6 Å². The maximum Gasteiger partial charge on any atom is 0.338 e. The minimum absolute atomic E-state index is 0.334. The maximum atomic E-state index is 13.3. The van der Waals surface area contributed by atoms with Gasteiger partial charge < -0.3 is 0 Å². The van der Waals surface area contributed by atoms with Crippen LogP contribution in [0.3, 0.4) is 0 Å². The number of carbonyl (C=O) groups is 2. The van der Waals surface area contributed by atoms with Gasteiger partial charge in [0.1, 0.15) is 16.2 Å². The third kappa shape index (κ3) is 1.42. The van der Waals surface area contributed by atoms with E-state index >= 15 is 0 Å². The van der Waals surface area contributed by atoms with Crippen molar-refractivity contribution < 1.29 is 18.4 Å². The fourth-order valence-electron chi connectivity index (χ4n) is 1.07. The molecule has 0 N–H and O–H groups in total. The number of hydrogen-bond acceptors (Lipinski definition) is 2. The number of rotatable bonds is 0. The van der Waals surface area contributed by atoms with Gasteiger partial charge >= 0.3 is 11.8 Å². The van der Waals surface area contributed by atoms with Gasteiger partial charge in [-0.05, 0) is 0 Å². The van der Waals surface area contributed by atoms with E-state index in [2.05, 4.69) is 9.98 Å². The molecule has 2 rings (SSSR count). The Hall–Kier alpha value is -1.69. The molecular formula is C8HClF2N2O2. The summed E-state index contributed by atoms with van der Waals surface area (Å²) >= 11 is 5.25. The topological polar surface area (TPSA) is 58.9 Å². The highest BCUT2D eigenvalue weighted by Gasteiger charge is 2.20. The zero-order valence-electron chi connectivity index (χ0n) is 6.92. The summed E-state index contributed by atoms with van der Waals surface area (Å²) < 4.78 is 26.2. The first-order chi connectivity index (χ1) is 7.00. The van der Waals surface area contributed by atoms with Crippen LogP contribution in [0.25, 0.3) is 0 Å². The molecule has 0 unspecified atom stereocenters. The van der Waals surface area contributed by atoms with E-state index < -0.39 is 33.8 Å². The van der Waals surface area contributed by atoms with Crippen LogP contribution in [0.2, 0.25) is 5.02 Å². The second kappa shape index (κ2) is 3.16. The molecule has 1 aliphatic rings. The van der Waals surface area contributed by atoms with Gasteiger partial charge in [-0.2, -0.15) is 4.99 Å². The Morgan fingerprint density at radius 2 is 1.73 bits per heavy atom. The Balaban J connectivity index is 2.97. The van der Waals surface area contributed by atoms with Crippen LogP contribution in [0.1, 0.15) is 0 Å². The van der Waals surface area contributed by atoms with Gasteiger partial charge in [-0.25, -0.2) is 13.8 Å². The first-order valence-electron chi connectivity index (χ1n) is 3.70. The van der Waals surface area contributed by atoms with Crippen LogP contribution in [0.5, 0.6) is 0 Å². The van der Waals surface area contributed by atoms with Crippen molar-refractivity contribution in [3.63, 3.8) is 0 Å². The van der Waals surface area contributed by atoms with Gasteiger partial charge in [0.15, 0.2) is 5.82 Å². The number of benzene rings is 1. The summed E-state index contributed by atoms with van der Waals surface area (Å²) in [5, 5.41) is -1.63. The van der Waals surface area contributed by atoms with E-state index in [1.54, 1.807) is 0 Å². The fourth-order valence-corrected chi connectivity index (χ4v) is 1.22. The fraction of sp³-hybridized carbons (Fsp3) is 0. The van der Waals surface area contributed by atoms with Crippen molar-refractivity contribution in [2.75, 3.05) is 0 Å². The van der Waals surface area contributed by atoms with Gasteiger partial charge in [-0.3, -0.25) is 9.59 Å². The molecule has 1 aromatic carbocycles. The standard InChI is InChI=1S/C8HClF2N2O2/c9-4-2(10)1-3-6(5(4)11)13-8(15)7(14)12-3/h1H. The first-order valence-corrected chi connectivity index (χ1v) is 4.07. The Labute approximate surface area is 85.9 Å². The number of carbonyl (C=O) groups excluding carboxylic acids is 2.